The molecule has 7 atom stereocenters. The van der Waals surface area contributed by atoms with Crippen molar-refractivity contribution >= 4 is 0 Å². The number of aliphatic hydroxyl groups excluding tert-OH is 1. The van der Waals surface area contributed by atoms with Gasteiger partial charge in [0.1, 0.15) is 0 Å². The monoisotopic (exact) mass is 449 g/mol. The maximum atomic E-state index is 7.07. The van der Waals surface area contributed by atoms with Crippen LogP contribution in [0, 0.1) is 34.5 Å². The molecule has 7 unspecified atom stereocenters. The van der Waals surface area contributed by atoms with Gasteiger partial charge in [0.05, 0.1) is 0 Å². The van der Waals surface area contributed by atoms with Crippen LogP contribution >= 0.6 is 0 Å². The van der Waals surface area contributed by atoms with E-state index in [-0.39, 0.29) is 5.54 Å². The van der Waals surface area contributed by atoms with Crippen LogP contribution < -0.4 is 5.73 Å². The molecule has 0 heterocycles. The molecule has 0 amide bonds. The molecule has 2 nitrogen and oxygen atoms in total. The van der Waals surface area contributed by atoms with Crippen LogP contribution in [0.1, 0.15) is 131 Å². The van der Waals surface area contributed by atoms with Gasteiger partial charge in [0.15, 0.2) is 0 Å². The summed E-state index contributed by atoms with van der Waals surface area (Å²) in [6.45, 7) is 17.2. The molecule has 3 N–H and O–H groups in total. The first-order chi connectivity index (χ1) is 15.3. The first kappa shape index (κ1) is 29.7. The van der Waals surface area contributed by atoms with E-state index < -0.39 is 0 Å². The van der Waals surface area contributed by atoms with Crippen LogP contribution in [0.5, 0.6) is 0 Å². The predicted molar refractivity (Wildman–Crippen MR) is 143 cm³/mol. The smallest absolute Gasteiger partial charge is 0.0319 e. The lowest BCUT2D eigenvalue weighted by molar-refractivity contribution is -0.122. The van der Waals surface area contributed by atoms with Crippen LogP contribution in [0.3, 0.4) is 0 Å². The highest BCUT2D eigenvalue weighted by atomic mass is 16.2. The van der Waals surface area contributed by atoms with E-state index in [1.54, 1.807) is 6.08 Å². The molecular formula is C30H59NO. The van der Waals surface area contributed by atoms with Crippen molar-refractivity contribution in [3.05, 3.63) is 12.7 Å². The van der Waals surface area contributed by atoms with Crippen LogP contribution in [0.2, 0.25) is 0 Å². The fourth-order valence-corrected chi connectivity index (χ4v) is 8.37. The second kappa shape index (κ2) is 13.5. The van der Waals surface area contributed by atoms with Crippen LogP contribution in [0.4, 0.5) is 0 Å². The molecule has 0 aromatic carbocycles. The zero-order valence-corrected chi connectivity index (χ0v) is 23.0. The van der Waals surface area contributed by atoms with Crippen molar-refractivity contribution in [3.8, 4) is 0 Å². The second-order valence-electron chi connectivity index (χ2n) is 11.8. The van der Waals surface area contributed by atoms with Crippen LogP contribution in [-0.4, -0.2) is 17.8 Å². The molecule has 4 rings (SSSR count). The molecule has 190 valence electrons. The highest BCUT2D eigenvalue weighted by Crippen LogP contribution is 2.68. The molecule has 4 fully saturated rings. The zero-order valence-electron chi connectivity index (χ0n) is 23.0. The highest BCUT2D eigenvalue weighted by molar-refractivity contribution is 5.14. The second-order valence-corrected chi connectivity index (χ2v) is 11.8. The van der Waals surface area contributed by atoms with Crippen LogP contribution in [0.15, 0.2) is 12.7 Å². The van der Waals surface area contributed by atoms with Gasteiger partial charge < -0.3 is 10.8 Å². The van der Waals surface area contributed by atoms with Gasteiger partial charge in [0.2, 0.25) is 0 Å². The Labute approximate surface area is 202 Å². The van der Waals surface area contributed by atoms with E-state index in [2.05, 4.69) is 41.2 Å². The maximum Gasteiger partial charge on any atom is 0.0319 e. The third kappa shape index (κ3) is 5.83. The summed E-state index contributed by atoms with van der Waals surface area (Å²) in [5, 5.41) is 7.00. The first-order valence-corrected chi connectivity index (χ1v) is 14.1. The van der Waals surface area contributed by atoms with Crippen molar-refractivity contribution in [1.82, 2.24) is 0 Å². The van der Waals surface area contributed by atoms with E-state index >= 15 is 0 Å². The molecule has 0 bridgehead atoms. The molecule has 0 radical (unpaired) electrons. The van der Waals surface area contributed by atoms with Crippen molar-refractivity contribution in [2.45, 2.75) is 137 Å². The Morgan fingerprint density at radius 1 is 0.906 bits per heavy atom. The Morgan fingerprint density at radius 3 is 2.09 bits per heavy atom. The number of unbranched alkanes of at least 4 members (excludes halogenated alkanes) is 1. The molecular weight excluding hydrogens is 390 g/mol. The summed E-state index contributed by atoms with van der Waals surface area (Å²) in [6.07, 6.45) is 21.6. The fourth-order valence-electron chi connectivity index (χ4n) is 8.37. The van der Waals surface area contributed by atoms with Gasteiger partial charge in [0.25, 0.3) is 0 Å². The lowest BCUT2D eigenvalue weighted by Gasteiger charge is -2.64. The number of hydrogen-bond donors (Lipinski definition) is 2. The van der Waals surface area contributed by atoms with Crippen LogP contribution in [0.25, 0.3) is 0 Å². The van der Waals surface area contributed by atoms with Crippen molar-refractivity contribution in [2.24, 2.45) is 40.2 Å². The van der Waals surface area contributed by atoms with Gasteiger partial charge in [-0.05, 0) is 99.2 Å². The maximum absolute atomic E-state index is 7.07. The Kier molecular flexibility index (Phi) is 12.5. The molecule has 4 aliphatic rings. The topological polar surface area (TPSA) is 46.2 Å². The van der Waals surface area contributed by atoms with Crippen molar-refractivity contribution in [3.63, 3.8) is 0 Å². The number of fused-ring (bicyclic) bond motifs is 5. The van der Waals surface area contributed by atoms with E-state index in [1.807, 2.05) is 6.92 Å². The molecule has 0 saturated heterocycles. The first-order valence-electron chi connectivity index (χ1n) is 14.1. The molecule has 2 heteroatoms. The van der Waals surface area contributed by atoms with Gasteiger partial charge in [-0.3, -0.25) is 0 Å². The minimum atomic E-state index is 0.167. The molecule has 0 spiro atoms. The number of rotatable bonds is 3. The van der Waals surface area contributed by atoms with Crippen molar-refractivity contribution in [2.75, 3.05) is 7.11 Å². The average Bonchev–Trinajstić information content (AvgIpc) is 3.11. The van der Waals surface area contributed by atoms with Gasteiger partial charge in [-0.2, -0.15) is 0 Å². The molecule has 0 aliphatic heterocycles. The van der Waals surface area contributed by atoms with Gasteiger partial charge in [-0.15, -0.1) is 6.58 Å². The van der Waals surface area contributed by atoms with Gasteiger partial charge in [-0.25, -0.2) is 0 Å². The average molecular weight is 450 g/mol. The van der Waals surface area contributed by atoms with E-state index in [9.17, 15) is 0 Å². The molecule has 0 aromatic rings. The SMILES string of the molecule is C=CC.CCC.CCCCC1CCC2C3CCC4(N)CCCCC4(C)C3CCC12C.CO. The Balaban J connectivity index is 0.000000567. The third-order valence-electron chi connectivity index (χ3n) is 9.99. The molecule has 32 heavy (non-hydrogen) atoms. The molecule has 4 aliphatic carbocycles. The highest BCUT2D eigenvalue weighted by Gasteiger charge is 2.62. The Hall–Kier alpha value is -0.340. The number of aliphatic hydroxyl groups is 1. The Morgan fingerprint density at radius 2 is 1.50 bits per heavy atom. The minimum Gasteiger partial charge on any atom is -0.400 e. The lowest BCUT2D eigenvalue weighted by atomic mass is 9.42. The quantitative estimate of drug-likeness (QED) is 0.424. The summed E-state index contributed by atoms with van der Waals surface area (Å²) >= 11 is 0. The number of allylic oxidation sites excluding steroid dienone is 1. The standard InChI is InChI=1S/C23H41N.C3H8.C3H6.CH4O/c1-4-5-8-17-9-10-19-18-11-16-23(24)14-7-6-13-22(23,3)20(18)12-15-21(17,19)2;2*1-3-2;1-2/h17-20H,4-16,24H2,1-3H3;3H2,1-2H3;3H,1H2,2H3;2H,1H3. The van der Waals surface area contributed by atoms with Crippen LogP contribution in [-0.2, 0) is 0 Å². The number of hydrogen-bond acceptors (Lipinski definition) is 2. The van der Waals surface area contributed by atoms with Gasteiger partial charge >= 0.3 is 0 Å². The van der Waals surface area contributed by atoms with E-state index in [0.717, 1.165) is 30.8 Å². The van der Waals surface area contributed by atoms with Gasteiger partial charge in [0, 0.05) is 12.6 Å². The lowest BCUT2D eigenvalue weighted by Crippen LogP contribution is -2.65. The van der Waals surface area contributed by atoms with Crippen molar-refractivity contribution in [1.29, 1.82) is 0 Å². The van der Waals surface area contributed by atoms with Gasteiger partial charge in [-0.1, -0.05) is 72.8 Å². The summed E-state index contributed by atoms with van der Waals surface area (Å²) in [7, 11) is 1.00. The summed E-state index contributed by atoms with van der Waals surface area (Å²) < 4.78 is 0. The zero-order chi connectivity index (χ0) is 24.4. The summed E-state index contributed by atoms with van der Waals surface area (Å²) in [5.74, 6) is 3.96. The normalized spacial score (nSPS) is 41.7. The van der Waals surface area contributed by atoms with E-state index in [1.165, 1.54) is 89.9 Å². The van der Waals surface area contributed by atoms with E-state index in [0.29, 0.717) is 10.8 Å². The summed E-state index contributed by atoms with van der Waals surface area (Å²) in [4.78, 5) is 0. The largest absolute Gasteiger partial charge is 0.400 e. The fraction of sp³-hybridized carbons (Fsp3) is 0.933. The predicted octanol–water partition coefficient (Wildman–Crippen LogP) is 8.52. The Bertz CT molecular complexity index is 533. The summed E-state index contributed by atoms with van der Waals surface area (Å²) in [6, 6.07) is 0. The van der Waals surface area contributed by atoms with E-state index in [4.69, 9.17) is 10.8 Å². The number of nitrogens with two attached hydrogens (primary N) is 1. The third-order valence-corrected chi connectivity index (χ3v) is 9.99. The molecule has 0 aromatic heterocycles. The summed E-state index contributed by atoms with van der Waals surface area (Å²) in [5.41, 5.74) is 8.34. The van der Waals surface area contributed by atoms with Crippen molar-refractivity contribution < 1.29 is 5.11 Å². The minimum absolute atomic E-state index is 0.167. The molecule has 4 saturated carbocycles.